The van der Waals surface area contributed by atoms with Gasteiger partial charge in [0.2, 0.25) is 0 Å². The van der Waals surface area contributed by atoms with Crippen LogP contribution >= 0.6 is 31.2 Å². The molecule has 1 N–H and O–H groups in total. The van der Waals surface area contributed by atoms with Gasteiger partial charge in [0, 0.05) is 4.83 Å². The summed E-state index contributed by atoms with van der Waals surface area (Å²) in [5.41, 5.74) is 0. The van der Waals surface area contributed by atoms with Crippen LogP contribution < -0.4 is 0 Å². The van der Waals surface area contributed by atoms with Gasteiger partial charge in [-0.2, -0.15) is 0 Å². The Bertz CT molecular complexity index is 879. The van der Waals surface area contributed by atoms with Crippen LogP contribution in [0.3, 0.4) is 0 Å². The lowest BCUT2D eigenvalue weighted by Crippen LogP contribution is -2.05. The Morgan fingerprint density at radius 1 is 0.210 bits per heavy atom. The van der Waals surface area contributed by atoms with Gasteiger partial charge in [0.05, 0.1) is 6.10 Å². The molecule has 0 aliphatic heterocycles. The largest absolute Gasteiger partial charge is 0.393 e. The highest BCUT2D eigenvalue weighted by atomic mass is 79.9. The lowest BCUT2D eigenvalue weighted by Gasteiger charge is -2.10. The molecule has 1 nitrogen and oxygen atoms in total. The fourth-order valence-electron chi connectivity index (χ4n) is 12.0. The summed E-state index contributed by atoms with van der Waals surface area (Å²) in [6.07, 6.45) is 97.2. The van der Waals surface area contributed by atoms with E-state index in [0.717, 1.165) is 17.7 Å². The van der Waals surface area contributed by atoms with Crippen LogP contribution in [0, 0.1) is 0 Å². The smallest absolute Gasteiger partial charge is 0.121 e. The zero-order chi connectivity index (χ0) is 59.7. The van der Waals surface area contributed by atoms with Crippen molar-refractivity contribution < 1.29 is 5.11 Å². The Labute approximate surface area is 534 Å². The molecule has 0 aliphatic rings. The molecular formula is C77H160Br2OSi. The number of hydrogen-bond acceptors (Lipinski definition) is 1. The van der Waals surface area contributed by atoms with E-state index < -0.39 is 6.69 Å². The van der Waals surface area contributed by atoms with Crippen molar-refractivity contribution in [2.75, 3.05) is 0 Å². The number of unbranched alkanes of at least 4 members (excludes halogenated alkanes) is 60. The van der Waals surface area contributed by atoms with Crippen LogP contribution in [0.5, 0.6) is 0 Å². The molecule has 0 saturated carbocycles. The molecule has 492 valence electrons. The SMILES string of the molecule is CCCCCCCCCCCCCCCCCCC(Br)CCCCCCCCCCCCCCCCCC.CCCCCCCCCCCCCCCCCCC(O)CCCCCCCCCCCCCCCCCC.C[Si](C)(C)Br. The summed E-state index contributed by atoms with van der Waals surface area (Å²) in [6.45, 7) is 15.1. The highest BCUT2D eigenvalue weighted by Crippen LogP contribution is 2.22. The Hall–Kier alpha value is 1.14. The van der Waals surface area contributed by atoms with Gasteiger partial charge >= 0.3 is 0 Å². The average Bonchev–Trinajstić information content (AvgIpc) is 3.44. The third-order valence-electron chi connectivity index (χ3n) is 17.5. The topological polar surface area (TPSA) is 20.2 Å². The van der Waals surface area contributed by atoms with Crippen LogP contribution in [0.4, 0.5) is 0 Å². The molecule has 0 atom stereocenters. The molecule has 0 aromatic heterocycles. The lowest BCUT2D eigenvalue weighted by molar-refractivity contribution is 0.147. The van der Waals surface area contributed by atoms with Crippen molar-refractivity contribution in [1.82, 2.24) is 0 Å². The third-order valence-corrected chi connectivity index (χ3v) is 18.4. The molecule has 81 heavy (non-hydrogen) atoms. The molecule has 0 fully saturated rings. The van der Waals surface area contributed by atoms with Gasteiger partial charge in [-0.3, -0.25) is 0 Å². The fraction of sp³-hybridized carbons (Fsp3) is 1.00. The zero-order valence-corrected chi connectivity index (χ0v) is 62.1. The first-order chi connectivity index (χ1) is 39.6. The van der Waals surface area contributed by atoms with Gasteiger partial charge in [-0.15, -0.1) is 15.3 Å². The number of rotatable bonds is 68. The predicted molar refractivity (Wildman–Crippen MR) is 388 cm³/mol. The Balaban J connectivity index is -0.00000138. The van der Waals surface area contributed by atoms with Gasteiger partial charge in [0.25, 0.3) is 0 Å². The Morgan fingerprint density at radius 2 is 0.309 bits per heavy atom. The first-order valence-electron chi connectivity index (χ1n) is 38.6. The van der Waals surface area contributed by atoms with Crippen LogP contribution in [0.1, 0.15) is 464 Å². The normalized spacial score (nSPS) is 11.7. The van der Waals surface area contributed by atoms with E-state index in [0.29, 0.717) is 0 Å². The summed E-state index contributed by atoms with van der Waals surface area (Å²) in [6, 6.07) is 0. The van der Waals surface area contributed by atoms with Crippen LogP contribution in [0.25, 0.3) is 0 Å². The molecule has 0 aromatic rings. The second-order valence-corrected chi connectivity index (χ2v) is 40.3. The summed E-state index contributed by atoms with van der Waals surface area (Å²) >= 11 is 7.48. The summed E-state index contributed by atoms with van der Waals surface area (Å²) in [4.78, 5) is 0.779. The average molecular weight is 1290 g/mol. The van der Waals surface area contributed by atoms with Crippen molar-refractivity contribution >= 4 is 37.9 Å². The molecule has 0 heterocycles. The quantitative estimate of drug-likeness (QED) is 0.0278. The molecule has 0 aromatic carbocycles. The summed E-state index contributed by atoms with van der Waals surface area (Å²) in [5.74, 6) is 0. The first-order valence-corrected chi connectivity index (χ1v) is 45.3. The maximum atomic E-state index is 10.3. The number of hydrogen-bond donors (Lipinski definition) is 1. The molecule has 0 rings (SSSR count). The number of aliphatic hydroxyl groups is 1. The molecule has 0 radical (unpaired) electrons. The third kappa shape index (κ3) is 95.0. The van der Waals surface area contributed by atoms with E-state index in [9.17, 15) is 5.11 Å². The van der Waals surface area contributed by atoms with E-state index in [2.05, 4.69) is 78.6 Å². The van der Waals surface area contributed by atoms with Crippen molar-refractivity contribution in [3.8, 4) is 0 Å². The van der Waals surface area contributed by atoms with Gasteiger partial charge in [-0.25, -0.2) is 0 Å². The minimum absolute atomic E-state index is 0.0340. The Kier molecular flexibility index (Phi) is 84.4. The molecule has 0 saturated heterocycles. The van der Waals surface area contributed by atoms with Crippen molar-refractivity contribution in [3.63, 3.8) is 0 Å². The fourth-order valence-corrected chi connectivity index (χ4v) is 12.6. The van der Waals surface area contributed by atoms with E-state index in [1.54, 1.807) is 0 Å². The monoisotopic (exact) mass is 1290 g/mol. The molecule has 0 amide bonds. The second kappa shape index (κ2) is 79.1. The maximum Gasteiger partial charge on any atom is 0.121 e. The zero-order valence-electron chi connectivity index (χ0n) is 57.9. The minimum atomic E-state index is -0.799. The van der Waals surface area contributed by atoms with Gasteiger partial charge in [-0.05, 0) is 25.7 Å². The standard InChI is InChI=1S/C37H75Br.C37H76O.C3H9BrSi/c2*1-3-5-7-9-11-13-15-17-19-21-23-25-27-29-31-33-35-37(38)36-34-32-30-28-26-24-22-20-18-16-14-12-10-8-6-4-2;1-5(2,3)4/h37H,3-36H2,1-2H3;37-38H,3-36H2,1-2H3;1-3H3. The predicted octanol–water partition coefficient (Wildman–Crippen LogP) is 30.9. The van der Waals surface area contributed by atoms with Crippen LogP contribution in [0.15, 0.2) is 0 Å². The van der Waals surface area contributed by atoms with E-state index in [1.165, 1.54) is 424 Å². The van der Waals surface area contributed by atoms with Crippen molar-refractivity contribution in [1.29, 1.82) is 0 Å². The molecule has 0 spiro atoms. The van der Waals surface area contributed by atoms with Gasteiger partial charge in [0.15, 0.2) is 0 Å². The number of halogens is 2. The first kappa shape index (κ1) is 86.3. The van der Waals surface area contributed by atoms with Crippen LogP contribution in [-0.4, -0.2) is 22.7 Å². The van der Waals surface area contributed by atoms with Gasteiger partial charge in [-0.1, -0.05) is 474 Å². The molecule has 0 bridgehead atoms. The molecule has 0 aliphatic carbocycles. The molecule has 0 unspecified atom stereocenters. The second-order valence-electron chi connectivity index (χ2n) is 27.7. The van der Waals surface area contributed by atoms with Crippen molar-refractivity contribution in [3.05, 3.63) is 0 Å². The summed E-state index contributed by atoms with van der Waals surface area (Å²) < 4.78 is 0. The van der Waals surface area contributed by atoms with Crippen molar-refractivity contribution in [2.24, 2.45) is 0 Å². The van der Waals surface area contributed by atoms with Gasteiger partial charge < -0.3 is 5.11 Å². The summed E-state index contributed by atoms with van der Waals surface area (Å²) in [5, 5.41) is 10.3. The van der Waals surface area contributed by atoms with E-state index in [-0.39, 0.29) is 6.10 Å². The maximum absolute atomic E-state index is 10.3. The molecule has 4 heteroatoms. The van der Waals surface area contributed by atoms with Gasteiger partial charge in [0.1, 0.15) is 6.69 Å². The van der Waals surface area contributed by atoms with E-state index in [4.69, 9.17) is 0 Å². The molecular weight excluding hydrogens is 1130 g/mol. The van der Waals surface area contributed by atoms with Crippen LogP contribution in [0.2, 0.25) is 19.6 Å². The van der Waals surface area contributed by atoms with E-state index >= 15 is 0 Å². The number of aliphatic hydroxyl groups excluding tert-OH is 1. The van der Waals surface area contributed by atoms with Crippen LogP contribution in [-0.2, 0) is 0 Å². The Morgan fingerprint density at radius 3 is 0.432 bits per heavy atom. The highest BCUT2D eigenvalue weighted by Gasteiger charge is 2.07. The highest BCUT2D eigenvalue weighted by molar-refractivity contribution is 9.26. The number of alkyl halides is 1. The summed E-state index contributed by atoms with van der Waals surface area (Å²) in [7, 11) is 0. The minimum Gasteiger partial charge on any atom is -0.393 e. The lowest BCUT2D eigenvalue weighted by atomic mass is 10.0. The van der Waals surface area contributed by atoms with E-state index in [1.807, 2.05) is 0 Å². The van der Waals surface area contributed by atoms with Crippen molar-refractivity contribution in [2.45, 2.75) is 495 Å².